The lowest BCUT2D eigenvalue weighted by Gasteiger charge is -2.04. The molecule has 0 spiro atoms. The number of hydrogen-bond acceptors (Lipinski definition) is 2. The maximum absolute atomic E-state index is 12.3. The molecule has 0 fully saturated rings. The van der Waals surface area contributed by atoms with E-state index in [1.165, 1.54) is 0 Å². The van der Waals surface area contributed by atoms with Crippen molar-refractivity contribution in [2.75, 3.05) is 6.54 Å². The highest BCUT2D eigenvalue weighted by Crippen LogP contribution is 2.24. The van der Waals surface area contributed by atoms with Crippen molar-refractivity contribution in [1.82, 2.24) is 10.3 Å². The molecule has 0 atom stereocenters. The molecule has 124 valence electrons. The van der Waals surface area contributed by atoms with E-state index in [9.17, 15) is 10.1 Å². The van der Waals surface area contributed by atoms with Crippen molar-refractivity contribution in [3.63, 3.8) is 0 Å². The van der Waals surface area contributed by atoms with E-state index in [-0.39, 0.29) is 11.5 Å². The lowest BCUT2D eigenvalue weighted by atomic mass is 10.1. The third kappa shape index (κ3) is 4.17. The van der Waals surface area contributed by atoms with Gasteiger partial charge in [0.1, 0.15) is 11.6 Å². The normalized spacial score (nSPS) is 11.3. The van der Waals surface area contributed by atoms with Gasteiger partial charge in [-0.3, -0.25) is 4.79 Å². The number of aromatic amines is 1. The Morgan fingerprint density at radius 1 is 1.24 bits per heavy atom. The highest BCUT2D eigenvalue weighted by atomic mass is 79.9. The van der Waals surface area contributed by atoms with Crippen LogP contribution >= 0.6 is 15.9 Å². The number of carbonyl (C=O) groups is 1. The molecule has 2 N–H and O–H groups in total. The first-order valence-corrected chi connectivity index (χ1v) is 8.67. The van der Waals surface area contributed by atoms with E-state index in [0.717, 1.165) is 32.9 Å². The monoisotopic (exact) mass is 393 g/mol. The predicted octanol–water partition coefficient (Wildman–Crippen LogP) is 4.20. The number of halogens is 1. The Balaban J connectivity index is 1.72. The zero-order valence-corrected chi connectivity index (χ0v) is 15.0. The molecule has 3 rings (SSSR count). The number of nitriles is 1. The van der Waals surface area contributed by atoms with Gasteiger partial charge in [-0.1, -0.05) is 46.3 Å². The summed E-state index contributed by atoms with van der Waals surface area (Å²) in [4.78, 5) is 15.4. The summed E-state index contributed by atoms with van der Waals surface area (Å²) in [5, 5.41) is 13.1. The van der Waals surface area contributed by atoms with E-state index in [4.69, 9.17) is 0 Å². The van der Waals surface area contributed by atoms with Crippen LogP contribution < -0.4 is 5.32 Å². The Labute approximate surface area is 154 Å². The summed E-state index contributed by atoms with van der Waals surface area (Å²) >= 11 is 3.44. The lowest BCUT2D eigenvalue weighted by Crippen LogP contribution is -2.26. The van der Waals surface area contributed by atoms with E-state index < -0.39 is 0 Å². The number of nitrogens with one attached hydrogen (secondary N) is 2. The second kappa shape index (κ2) is 7.82. The molecule has 0 saturated heterocycles. The van der Waals surface area contributed by atoms with Crippen LogP contribution in [0, 0.1) is 11.3 Å². The van der Waals surface area contributed by atoms with Gasteiger partial charge in [-0.25, -0.2) is 0 Å². The van der Waals surface area contributed by atoms with Crippen LogP contribution in [0.5, 0.6) is 0 Å². The zero-order valence-electron chi connectivity index (χ0n) is 13.4. The molecule has 25 heavy (non-hydrogen) atoms. The van der Waals surface area contributed by atoms with Crippen molar-refractivity contribution in [1.29, 1.82) is 5.26 Å². The predicted molar refractivity (Wildman–Crippen MR) is 103 cm³/mol. The highest BCUT2D eigenvalue weighted by molar-refractivity contribution is 9.10. The molecule has 0 saturated carbocycles. The Hall–Kier alpha value is -2.84. The number of nitrogens with zero attached hydrogens (tertiary/aromatic N) is 1. The molecule has 1 aromatic heterocycles. The minimum absolute atomic E-state index is 0.0916. The molecular weight excluding hydrogens is 378 g/mol. The van der Waals surface area contributed by atoms with Gasteiger partial charge in [0.25, 0.3) is 5.91 Å². The molecule has 3 aromatic rings. The van der Waals surface area contributed by atoms with Gasteiger partial charge in [-0.15, -0.1) is 0 Å². The van der Waals surface area contributed by atoms with E-state index >= 15 is 0 Å². The first-order chi connectivity index (χ1) is 12.2. The van der Waals surface area contributed by atoms with Crippen molar-refractivity contribution in [3.8, 4) is 6.07 Å². The quantitative estimate of drug-likeness (QED) is 0.503. The third-order valence-electron chi connectivity index (χ3n) is 3.88. The van der Waals surface area contributed by atoms with Crippen LogP contribution in [-0.4, -0.2) is 17.4 Å². The summed E-state index contributed by atoms with van der Waals surface area (Å²) in [5.41, 5.74) is 3.00. The average molecular weight is 394 g/mol. The lowest BCUT2D eigenvalue weighted by molar-refractivity contribution is -0.117. The smallest absolute Gasteiger partial charge is 0.261 e. The Morgan fingerprint density at radius 2 is 2.04 bits per heavy atom. The van der Waals surface area contributed by atoms with E-state index in [1.54, 1.807) is 12.3 Å². The molecule has 0 radical (unpaired) electrons. The van der Waals surface area contributed by atoms with E-state index in [0.29, 0.717) is 6.54 Å². The van der Waals surface area contributed by atoms with Crippen molar-refractivity contribution in [2.45, 2.75) is 6.42 Å². The highest BCUT2D eigenvalue weighted by Gasteiger charge is 2.10. The number of amides is 1. The number of hydrogen-bond donors (Lipinski definition) is 2. The summed E-state index contributed by atoms with van der Waals surface area (Å²) < 4.78 is 0.945. The van der Waals surface area contributed by atoms with Crippen molar-refractivity contribution in [3.05, 3.63) is 75.9 Å². The summed E-state index contributed by atoms with van der Waals surface area (Å²) in [6.45, 7) is 0.487. The SMILES string of the molecule is N#C/C(=C/c1c[nH]c2ccc(Br)cc12)C(=O)NCCc1ccccc1. The Morgan fingerprint density at radius 3 is 2.80 bits per heavy atom. The summed E-state index contributed by atoms with van der Waals surface area (Å²) in [5.74, 6) is -0.359. The molecule has 4 nitrogen and oxygen atoms in total. The molecule has 0 bridgehead atoms. The standard InChI is InChI=1S/C20H16BrN3O/c21-17-6-7-19-18(11-17)16(13-24-19)10-15(12-22)20(25)23-9-8-14-4-2-1-3-5-14/h1-7,10-11,13,24H,8-9H2,(H,23,25)/b15-10-. The molecule has 0 aliphatic rings. The van der Waals surface area contributed by atoms with Gasteiger partial charge in [-0.05, 0) is 36.3 Å². The topological polar surface area (TPSA) is 68.7 Å². The number of fused-ring (bicyclic) bond motifs is 1. The molecule has 0 aliphatic heterocycles. The first-order valence-electron chi connectivity index (χ1n) is 7.88. The maximum atomic E-state index is 12.3. The zero-order chi connectivity index (χ0) is 17.6. The van der Waals surface area contributed by atoms with E-state index in [2.05, 4.69) is 26.2 Å². The fraction of sp³-hybridized carbons (Fsp3) is 0.100. The molecule has 5 heteroatoms. The van der Waals surface area contributed by atoms with Gasteiger partial charge in [0.2, 0.25) is 0 Å². The number of H-pyrrole nitrogens is 1. The van der Waals surface area contributed by atoms with Crippen LogP contribution in [-0.2, 0) is 11.2 Å². The summed E-state index contributed by atoms with van der Waals surface area (Å²) in [6, 6.07) is 17.7. The number of benzene rings is 2. The second-order valence-corrected chi connectivity index (χ2v) is 6.51. The van der Waals surface area contributed by atoms with Gasteiger partial charge >= 0.3 is 0 Å². The van der Waals surface area contributed by atoms with Gasteiger partial charge in [-0.2, -0.15) is 5.26 Å². The van der Waals surface area contributed by atoms with Gasteiger partial charge in [0.15, 0.2) is 0 Å². The Kier molecular flexibility index (Phi) is 5.32. The molecule has 2 aromatic carbocycles. The van der Waals surface area contributed by atoms with Crippen LogP contribution in [0.3, 0.4) is 0 Å². The van der Waals surface area contributed by atoms with Gasteiger partial charge in [0, 0.05) is 33.7 Å². The van der Waals surface area contributed by atoms with Crippen molar-refractivity contribution < 1.29 is 4.79 Å². The minimum Gasteiger partial charge on any atom is -0.361 e. The summed E-state index contributed by atoms with van der Waals surface area (Å²) in [6.07, 6.45) is 4.14. The number of aromatic nitrogens is 1. The number of rotatable bonds is 5. The van der Waals surface area contributed by atoms with Crippen molar-refractivity contribution >= 4 is 38.8 Å². The van der Waals surface area contributed by atoms with Crippen molar-refractivity contribution in [2.24, 2.45) is 0 Å². The number of carbonyl (C=O) groups excluding carboxylic acids is 1. The van der Waals surface area contributed by atoms with E-state index in [1.807, 2.05) is 54.6 Å². The summed E-state index contributed by atoms with van der Waals surface area (Å²) in [7, 11) is 0. The van der Waals surface area contributed by atoms with Gasteiger partial charge in [0.05, 0.1) is 0 Å². The molecule has 1 amide bonds. The maximum Gasteiger partial charge on any atom is 0.261 e. The van der Waals surface area contributed by atoms with Crippen LogP contribution in [0.2, 0.25) is 0 Å². The van der Waals surface area contributed by atoms with Gasteiger partial charge < -0.3 is 10.3 Å². The fourth-order valence-electron chi connectivity index (χ4n) is 2.60. The van der Waals surface area contributed by atoms with Crippen LogP contribution in [0.15, 0.2) is 64.8 Å². The largest absolute Gasteiger partial charge is 0.361 e. The molecule has 0 aliphatic carbocycles. The minimum atomic E-state index is -0.359. The van der Waals surface area contributed by atoms with Crippen LogP contribution in [0.1, 0.15) is 11.1 Å². The third-order valence-corrected chi connectivity index (χ3v) is 4.38. The van der Waals surface area contributed by atoms with Crippen LogP contribution in [0.4, 0.5) is 0 Å². The molecule has 0 unspecified atom stereocenters. The molecule has 1 heterocycles. The van der Waals surface area contributed by atoms with Crippen LogP contribution in [0.25, 0.3) is 17.0 Å². The Bertz CT molecular complexity index is 968. The average Bonchev–Trinajstić information content (AvgIpc) is 3.02. The molecular formula is C20H16BrN3O. The second-order valence-electron chi connectivity index (χ2n) is 5.60. The first kappa shape index (κ1) is 17.0. The fourth-order valence-corrected chi connectivity index (χ4v) is 2.96.